The molecule has 0 unspecified atom stereocenters. The number of phosphoric acid groups is 1. The summed E-state index contributed by atoms with van der Waals surface area (Å²) in [4.78, 5) is 7.94. The molecule has 0 fully saturated rings. The molecule has 0 N–H and O–H groups in total. The highest BCUT2D eigenvalue weighted by Gasteiger charge is 2.25. The van der Waals surface area contributed by atoms with Crippen molar-refractivity contribution < 1.29 is 18.1 Å². The van der Waals surface area contributed by atoms with E-state index in [-0.39, 0.29) is 5.88 Å². The first-order chi connectivity index (χ1) is 7.13. The molecule has 0 spiro atoms. The van der Waals surface area contributed by atoms with Crippen LogP contribution in [0.1, 0.15) is 12.6 Å². The molecule has 1 aromatic heterocycles. The van der Waals surface area contributed by atoms with E-state index < -0.39 is 7.82 Å². The van der Waals surface area contributed by atoms with Gasteiger partial charge in [-0.3, -0.25) is 14.0 Å². The second-order valence-corrected chi connectivity index (χ2v) is 4.41. The average molecular weight is 232 g/mol. The molecule has 1 aromatic rings. The SMILES string of the molecule is CCc1cnc(OP(=O)(OC)OC)cn1. The molecule has 15 heavy (non-hydrogen) atoms. The summed E-state index contributed by atoms with van der Waals surface area (Å²) < 4.78 is 25.7. The van der Waals surface area contributed by atoms with Crippen molar-refractivity contribution >= 4 is 7.82 Å². The Morgan fingerprint density at radius 3 is 2.33 bits per heavy atom. The van der Waals surface area contributed by atoms with Gasteiger partial charge >= 0.3 is 7.82 Å². The molecule has 6 nitrogen and oxygen atoms in total. The highest BCUT2D eigenvalue weighted by Crippen LogP contribution is 2.46. The van der Waals surface area contributed by atoms with Crippen LogP contribution in [0.4, 0.5) is 0 Å². The Balaban J connectivity index is 2.76. The Bertz CT molecular complexity index is 346. The van der Waals surface area contributed by atoms with Gasteiger partial charge in [-0.05, 0) is 6.42 Å². The van der Waals surface area contributed by atoms with Crippen molar-refractivity contribution in [3.63, 3.8) is 0 Å². The second kappa shape index (κ2) is 5.21. The highest BCUT2D eigenvalue weighted by molar-refractivity contribution is 7.48. The first kappa shape index (κ1) is 12.1. The molecule has 0 saturated heterocycles. The van der Waals surface area contributed by atoms with Gasteiger partial charge in [0.25, 0.3) is 0 Å². The molecule has 0 amide bonds. The molecule has 0 bridgehead atoms. The number of phosphoric ester groups is 1. The number of hydrogen-bond donors (Lipinski definition) is 0. The first-order valence-corrected chi connectivity index (χ1v) is 5.81. The van der Waals surface area contributed by atoms with Gasteiger partial charge in [0.2, 0.25) is 5.88 Å². The van der Waals surface area contributed by atoms with Crippen molar-refractivity contribution in [1.29, 1.82) is 0 Å². The van der Waals surface area contributed by atoms with Crippen LogP contribution in [0.25, 0.3) is 0 Å². The van der Waals surface area contributed by atoms with Crippen molar-refractivity contribution in [3.05, 3.63) is 18.1 Å². The minimum absolute atomic E-state index is 0.110. The predicted molar refractivity (Wildman–Crippen MR) is 53.7 cm³/mol. The lowest BCUT2D eigenvalue weighted by Crippen LogP contribution is -2.00. The van der Waals surface area contributed by atoms with Crippen molar-refractivity contribution in [2.24, 2.45) is 0 Å². The van der Waals surface area contributed by atoms with Gasteiger partial charge in [0.05, 0.1) is 18.1 Å². The topological polar surface area (TPSA) is 70.5 Å². The van der Waals surface area contributed by atoms with E-state index in [2.05, 4.69) is 19.0 Å². The number of nitrogens with zero attached hydrogens (tertiary/aromatic N) is 2. The maximum Gasteiger partial charge on any atom is 0.530 e. The van der Waals surface area contributed by atoms with Crippen LogP contribution in [0.15, 0.2) is 12.4 Å². The van der Waals surface area contributed by atoms with Crippen LogP contribution in [0.2, 0.25) is 0 Å². The van der Waals surface area contributed by atoms with Gasteiger partial charge in [-0.25, -0.2) is 9.55 Å². The average Bonchev–Trinajstić information content (AvgIpc) is 2.30. The molecule has 0 aromatic carbocycles. The Labute approximate surface area is 88.2 Å². The summed E-state index contributed by atoms with van der Waals surface area (Å²) in [6, 6.07) is 0. The van der Waals surface area contributed by atoms with Gasteiger partial charge < -0.3 is 4.52 Å². The first-order valence-electron chi connectivity index (χ1n) is 4.35. The molecule has 0 aliphatic heterocycles. The van der Waals surface area contributed by atoms with Gasteiger partial charge in [0.1, 0.15) is 0 Å². The number of aryl methyl sites for hydroxylation is 1. The van der Waals surface area contributed by atoms with Crippen LogP contribution in [0, 0.1) is 0 Å². The third-order valence-electron chi connectivity index (χ3n) is 1.70. The van der Waals surface area contributed by atoms with Crippen molar-refractivity contribution in [3.8, 4) is 5.88 Å². The van der Waals surface area contributed by atoms with Crippen LogP contribution < -0.4 is 4.52 Å². The van der Waals surface area contributed by atoms with E-state index >= 15 is 0 Å². The van der Waals surface area contributed by atoms with E-state index in [1.165, 1.54) is 20.4 Å². The lowest BCUT2D eigenvalue weighted by molar-refractivity contribution is 0.208. The quantitative estimate of drug-likeness (QED) is 0.721. The molecule has 0 aliphatic rings. The number of hydrogen-bond acceptors (Lipinski definition) is 6. The minimum atomic E-state index is -3.53. The second-order valence-electron chi connectivity index (χ2n) is 2.60. The Kier molecular flexibility index (Phi) is 4.20. The largest absolute Gasteiger partial charge is 0.530 e. The molecule has 1 heterocycles. The molecule has 84 valence electrons. The van der Waals surface area contributed by atoms with Gasteiger partial charge in [0.15, 0.2) is 0 Å². The zero-order valence-corrected chi connectivity index (χ0v) is 9.73. The Morgan fingerprint density at radius 2 is 1.93 bits per heavy atom. The third-order valence-corrected chi connectivity index (χ3v) is 3.00. The van der Waals surface area contributed by atoms with E-state index in [0.29, 0.717) is 0 Å². The van der Waals surface area contributed by atoms with E-state index in [0.717, 1.165) is 12.1 Å². The fraction of sp³-hybridized carbons (Fsp3) is 0.500. The fourth-order valence-electron chi connectivity index (χ4n) is 0.836. The highest BCUT2D eigenvalue weighted by atomic mass is 31.2. The zero-order valence-electron chi connectivity index (χ0n) is 8.84. The molecule has 7 heteroatoms. The van der Waals surface area contributed by atoms with Crippen molar-refractivity contribution in [2.45, 2.75) is 13.3 Å². The number of rotatable bonds is 5. The summed E-state index contributed by atoms with van der Waals surface area (Å²) in [5, 5.41) is 0. The summed E-state index contributed by atoms with van der Waals surface area (Å²) in [7, 11) is -1.06. The Hall–Kier alpha value is -0.970. The van der Waals surface area contributed by atoms with Gasteiger partial charge in [-0.1, -0.05) is 6.92 Å². The zero-order chi connectivity index (χ0) is 11.3. The van der Waals surface area contributed by atoms with Crippen molar-refractivity contribution in [1.82, 2.24) is 9.97 Å². The monoisotopic (exact) mass is 232 g/mol. The molecule has 0 radical (unpaired) electrons. The molecule has 0 atom stereocenters. The van der Waals surface area contributed by atoms with E-state index in [1.54, 1.807) is 6.20 Å². The maximum absolute atomic E-state index is 11.5. The van der Waals surface area contributed by atoms with E-state index in [1.807, 2.05) is 6.92 Å². The van der Waals surface area contributed by atoms with Crippen LogP contribution in [-0.2, 0) is 20.0 Å². The van der Waals surface area contributed by atoms with Crippen LogP contribution >= 0.6 is 7.82 Å². The molecular weight excluding hydrogens is 219 g/mol. The third kappa shape index (κ3) is 3.27. The van der Waals surface area contributed by atoms with Gasteiger partial charge in [0, 0.05) is 14.2 Å². The molecular formula is C8H13N2O4P. The van der Waals surface area contributed by atoms with Crippen LogP contribution in [-0.4, -0.2) is 24.2 Å². The summed E-state index contributed by atoms with van der Waals surface area (Å²) >= 11 is 0. The molecule has 1 rings (SSSR count). The lowest BCUT2D eigenvalue weighted by Gasteiger charge is -2.12. The maximum atomic E-state index is 11.5. The standard InChI is InChI=1S/C8H13N2O4P/c1-4-7-5-10-8(6-9-7)14-15(11,12-2)13-3/h5-6H,4H2,1-3H3. The normalized spacial score (nSPS) is 11.4. The van der Waals surface area contributed by atoms with Gasteiger partial charge in [-0.15, -0.1) is 0 Å². The van der Waals surface area contributed by atoms with Gasteiger partial charge in [-0.2, -0.15) is 0 Å². The number of aromatic nitrogens is 2. The van der Waals surface area contributed by atoms with E-state index in [4.69, 9.17) is 4.52 Å². The van der Waals surface area contributed by atoms with Crippen LogP contribution in [0.5, 0.6) is 5.88 Å². The summed E-state index contributed by atoms with van der Waals surface area (Å²) in [6.07, 6.45) is 3.70. The summed E-state index contributed by atoms with van der Waals surface area (Å²) in [5.74, 6) is 0.110. The molecule has 0 saturated carbocycles. The van der Waals surface area contributed by atoms with Crippen molar-refractivity contribution in [2.75, 3.05) is 14.2 Å². The lowest BCUT2D eigenvalue weighted by atomic mass is 10.4. The summed E-state index contributed by atoms with van der Waals surface area (Å²) in [5.41, 5.74) is 0.826. The predicted octanol–water partition coefficient (Wildman–Crippen LogP) is 1.82. The smallest absolute Gasteiger partial charge is 0.384 e. The Morgan fingerprint density at radius 1 is 1.27 bits per heavy atom. The molecule has 0 aliphatic carbocycles. The fourth-order valence-corrected chi connectivity index (χ4v) is 1.46. The summed E-state index contributed by atoms with van der Waals surface area (Å²) in [6.45, 7) is 1.96. The minimum Gasteiger partial charge on any atom is -0.384 e. The van der Waals surface area contributed by atoms with Crippen LogP contribution in [0.3, 0.4) is 0 Å². The van der Waals surface area contributed by atoms with E-state index in [9.17, 15) is 4.57 Å².